The Labute approximate surface area is 119 Å². The van der Waals surface area contributed by atoms with E-state index < -0.39 is 20.6 Å². The third kappa shape index (κ3) is 3.13. The van der Waals surface area contributed by atoms with Crippen molar-refractivity contribution in [2.24, 2.45) is 0 Å². The van der Waals surface area contributed by atoms with Gasteiger partial charge in [-0.05, 0) is 12.1 Å². The molecule has 0 spiro atoms. The van der Waals surface area contributed by atoms with Crippen LogP contribution < -0.4 is 4.72 Å². The number of benzene rings is 1. The predicted octanol–water partition coefficient (Wildman–Crippen LogP) is 1.45. The van der Waals surface area contributed by atoms with Crippen molar-refractivity contribution in [1.82, 2.24) is 14.7 Å². The van der Waals surface area contributed by atoms with Crippen LogP contribution in [0.4, 0.5) is 5.69 Å². The summed E-state index contributed by atoms with van der Waals surface area (Å²) in [5.41, 5.74) is 0.105. The van der Waals surface area contributed by atoms with Crippen LogP contribution in [0.1, 0.15) is 5.69 Å². The Hall–Kier alpha value is -1.97. The molecule has 0 bridgehead atoms. The van der Waals surface area contributed by atoms with Crippen LogP contribution in [-0.2, 0) is 16.6 Å². The number of nitrogens with one attached hydrogen (secondary N) is 2. The van der Waals surface area contributed by atoms with Crippen molar-refractivity contribution in [1.29, 1.82) is 0 Å². The van der Waals surface area contributed by atoms with Crippen molar-refractivity contribution in [3.05, 3.63) is 51.6 Å². The molecule has 0 aliphatic rings. The molecule has 0 unspecified atom stereocenters. The van der Waals surface area contributed by atoms with Gasteiger partial charge in [0.05, 0.1) is 22.7 Å². The van der Waals surface area contributed by atoms with Crippen LogP contribution in [0.5, 0.6) is 0 Å². The zero-order valence-electron chi connectivity index (χ0n) is 9.91. The van der Waals surface area contributed by atoms with Gasteiger partial charge in [-0.25, -0.2) is 18.1 Å². The van der Waals surface area contributed by atoms with E-state index in [-0.39, 0.29) is 16.5 Å². The summed E-state index contributed by atoms with van der Waals surface area (Å²) in [5, 5.41) is 10.6. The number of aromatic amines is 1. The molecular formula is C10H9ClN4O4S. The lowest BCUT2D eigenvalue weighted by Crippen LogP contribution is -2.23. The van der Waals surface area contributed by atoms with Gasteiger partial charge in [0.1, 0.15) is 5.02 Å². The lowest BCUT2D eigenvalue weighted by atomic mass is 10.3. The van der Waals surface area contributed by atoms with E-state index in [9.17, 15) is 18.5 Å². The van der Waals surface area contributed by atoms with Gasteiger partial charge in [-0.15, -0.1) is 0 Å². The molecule has 0 fully saturated rings. The molecule has 2 rings (SSSR count). The van der Waals surface area contributed by atoms with Crippen molar-refractivity contribution in [2.45, 2.75) is 11.4 Å². The topological polar surface area (TPSA) is 118 Å². The summed E-state index contributed by atoms with van der Waals surface area (Å²) in [6.45, 7) is -0.00123. The van der Waals surface area contributed by atoms with Gasteiger partial charge in [0.25, 0.3) is 5.69 Å². The van der Waals surface area contributed by atoms with E-state index in [4.69, 9.17) is 11.6 Å². The van der Waals surface area contributed by atoms with E-state index in [2.05, 4.69) is 14.7 Å². The molecule has 0 atom stereocenters. The predicted molar refractivity (Wildman–Crippen MR) is 70.7 cm³/mol. The second-order valence-corrected chi connectivity index (χ2v) is 5.95. The molecule has 1 aromatic carbocycles. The molecule has 0 aliphatic carbocycles. The highest BCUT2D eigenvalue weighted by atomic mass is 35.5. The molecule has 2 N–H and O–H groups in total. The Morgan fingerprint density at radius 1 is 1.45 bits per heavy atom. The summed E-state index contributed by atoms with van der Waals surface area (Å²) in [6.07, 6.45) is 2.88. The molecule has 0 saturated heterocycles. The number of hydrogen-bond donors (Lipinski definition) is 2. The second kappa shape index (κ2) is 5.57. The van der Waals surface area contributed by atoms with Gasteiger partial charge in [0.2, 0.25) is 10.0 Å². The van der Waals surface area contributed by atoms with Crippen LogP contribution in [-0.4, -0.2) is 23.3 Å². The summed E-state index contributed by atoms with van der Waals surface area (Å²) >= 11 is 5.63. The van der Waals surface area contributed by atoms with E-state index in [1.165, 1.54) is 24.7 Å². The number of rotatable bonds is 5. The minimum absolute atomic E-state index is 0.00123. The van der Waals surface area contributed by atoms with Crippen LogP contribution in [0.15, 0.2) is 35.6 Å². The first-order valence-corrected chi connectivity index (χ1v) is 7.17. The smallest absolute Gasteiger partial charge is 0.289 e. The number of nitrogens with zero attached hydrogens (tertiary/aromatic N) is 2. The van der Waals surface area contributed by atoms with Gasteiger partial charge < -0.3 is 4.98 Å². The maximum atomic E-state index is 12.0. The first-order chi connectivity index (χ1) is 9.40. The molecule has 0 amide bonds. The Balaban J connectivity index is 2.25. The number of sulfonamides is 1. The van der Waals surface area contributed by atoms with Gasteiger partial charge in [0.15, 0.2) is 0 Å². The number of halogens is 1. The van der Waals surface area contributed by atoms with Crippen molar-refractivity contribution in [2.75, 3.05) is 0 Å². The van der Waals surface area contributed by atoms with Crippen LogP contribution in [0.2, 0.25) is 5.02 Å². The number of H-pyrrole nitrogens is 1. The third-order valence-electron chi connectivity index (χ3n) is 2.43. The first kappa shape index (κ1) is 14.4. The minimum atomic E-state index is -3.87. The molecule has 2 aromatic rings. The zero-order valence-corrected chi connectivity index (χ0v) is 11.5. The van der Waals surface area contributed by atoms with E-state index in [1.807, 2.05) is 0 Å². The second-order valence-electron chi connectivity index (χ2n) is 3.77. The molecule has 0 aliphatic heterocycles. The monoisotopic (exact) mass is 316 g/mol. The van der Waals surface area contributed by atoms with E-state index in [0.717, 1.165) is 6.07 Å². The highest BCUT2D eigenvalue weighted by Crippen LogP contribution is 2.26. The number of aromatic nitrogens is 2. The minimum Gasteiger partial charge on any atom is -0.347 e. The van der Waals surface area contributed by atoms with Crippen molar-refractivity contribution < 1.29 is 13.3 Å². The van der Waals surface area contributed by atoms with Crippen molar-refractivity contribution in [3.8, 4) is 0 Å². The van der Waals surface area contributed by atoms with Gasteiger partial charge in [-0.2, -0.15) is 0 Å². The summed E-state index contributed by atoms with van der Waals surface area (Å²) in [4.78, 5) is 16.2. The van der Waals surface area contributed by atoms with Gasteiger partial charge in [-0.1, -0.05) is 11.6 Å². The Morgan fingerprint density at radius 2 is 2.20 bits per heavy atom. The van der Waals surface area contributed by atoms with Crippen molar-refractivity contribution >= 4 is 27.3 Å². The number of nitro groups is 1. The molecule has 0 radical (unpaired) electrons. The SMILES string of the molecule is O=[N+]([O-])c1cc(S(=O)(=O)NCc2cnc[nH]2)ccc1Cl. The van der Waals surface area contributed by atoms with E-state index >= 15 is 0 Å². The maximum Gasteiger partial charge on any atom is 0.289 e. The number of hydrogen-bond acceptors (Lipinski definition) is 5. The molecule has 0 saturated carbocycles. The fourth-order valence-electron chi connectivity index (χ4n) is 1.44. The van der Waals surface area contributed by atoms with Gasteiger partial charge in [0, 0.05) is 18.0 Å². The Bertz CT molecular complexity index is 730. The van der Waals surface area contributed by atoms with Gasteiger partial charge in [-0.3, -0.25) is 10.1 Å². The summed E-state index contributed by atoms with van der Waals surface area (Å²) in [5.74, 6) is 0. The molecular weight excluding hydrogens is 308 g/mol. The summed E-state index contributed by atoms with van der Waals surface area (Å²) < 4.78 is 26.3. The Kier molecular flexibility index (Phi) is 4.02. The summed E-state index contributed by atoms with van der Waals surface area (Å²) in [7, 11) is -3.87. The zero-order chi connectivity index (χ0) is 14.8. The normalized spacial score (nSPS) is 11.4. The largest absolute Gasteiger partial charge is 0.347 e. The number of nitro benzene ring substituents is 1. The van der Waals surface area contributed by atoms with E-state index in [0.29, 0.717) is 5.69 Å². The molecule has 106 valence electrons. The molecule has 20 heavy (non-hydrogen) atoms. The third-order valence-corrected chi connectivity index (χ3v) is 4.15. The lowest BCUT2D eigenvalue weighted by Gasteiger charge is -2.06. The maximum absolute atomic E-state index is 12.0. The standard InChI is InChI=1S/C10H9ClN4O4S/c11-9-2-1-8(3-10(9)15(16)17)20(18,19)14-5-7-4-12-6-13-7/h1-4,6,14H,5H2,(H,12,13). The average molecular weight is 317 g/mol. The number of imidazole rings is 1. The fourth-order valence-corrected chi connectivity index (χ4v) is 2.65. The van der Waals surface area contributed by atoms with Gasteiger partial charge >= 0.3 is 0 Å². The summed E-state index contributed by atoms with van der Waals surface area (Å²) in [6, 6.07) is 3.28. The highest BCUT2D eigenvalue weighted by molar-refractivity contribution is 7.89. The van der Waals surface area contributed by atoms with E-state index in [1.54, 1.807) is 0 Å². The quantitative estimate of drug-likeness (QED) is 0.639. The molecule has 10 heteroatoms. The first-order valence-electron chi connectivity index (χ1n) is 5.31. The molecule has 8 nitrogen and oxygen atoms in total. The fraction of sp³-hybridized carbons (Fsp3) is 0.100. The average Bonchev–Trinajstić information content (AvgIpc) is 2.89. The Morgan fingerprint density at radius 3 is 2.80 bits per heavy atom. The van der Waals surface area contributed by atoms with Crippen LogP contribution in [0, 0.1) is 10.1 Å². The lowest BCUT2D eigenvalue weighted by molar-refractivity contribution is -0.384. The van der Waals surface area contributed by atoms with Crippen LogP contribution in [0.25, 0.3) is 0 Å². The van der Waals surface area contributed by atoms with Crippen LogP contribution >= 0.6 is 11.6 Å². The van der Waals surface area contributed by atoms with Crippen molar-refractivity contribution in [3.63, 3.8) is 0 Å². The molecule has 1 aromatic heterocycles. The van der Waals surface area contributed by atoms with Crippen LogP contribution in [0.3, 0.4) is 0 Å². The molecule has 1 heterocycles. The highest BCUT2D eigenvalue weighted by Gasteiger charge is 2.20.